The van der Waals surface area contributed by atoms with Crippen LogP contribution < -0.4 is 10.6 Å². The molecular weight excluding hydrogens is 466 g/mol. The molecule has 36 heavy (non-hydrogen) atoms. The number of hydrogen-bond acceptors (Lipinski definition) is 8. The first-order valence-electron chi connectivity index (χ1n) is 11.5. The Morgan fingerprint density at radius 1 is 1.19 bits per heavy atom. The molecule has 1 amide bonds. The standard InChI is InChI=1S/C26H27N3O7/c1-28(2)16-10-14(15-5-4-6-29(15)3)21(31)19-13(16)8-11-7-12-9-17(30)20(25(27)35)24(34)26(12,36)23(33)18(11)22(19)32/h4-6,10-12,30-31,33,36H,7-9H2,1-3H3,(H2,27,35)/t11-,12+,26+/m1/s1. The number of carbonyl (C=O) groups is 3. The van der Waals surface area contributed by atoms with Crippen molar-refractivity contribution in [1.82, 2.24) is 4.57 Å². The molecule has 5 rings (SSSR count). The van der Waals surface area contributed by atoms with E-state index in [0.29, 0.717) is 22.5 Å². The number of ketones is 2. The number of phenols is 1. The summed E-state index contributed by atoms with van der Waals surface area (Å²) in [5, 5.41) is 44.2. The number of aliphatic hydroxyl groups is 3. The number of phenolic OH excluding ortho intramolecular Hbond substituents is 1. The largest absolute Gasteiger partial charge is 0.511 e. The lowest BCUT2D eigenvalue weighted by molar-refractivity contribution is -0.144. The maximum Gasteiger partial charge on any atom is 0.255 e. The Morgan fingerprint density at radius 3 is 2.47 bits per heavy atom. The van der Waals surface area contributed by atoms with E-state index >= 15 is 0 Å². The third kappa shape index (κ3) is 2.97. The molecule has 1 heterocycles. The summed E-state index contributed by atoms with van der Waals surface area (Å²) in [4.78, 5) is 40.6. The predicted octanol–water partition coefficient (Wildman–Crippen LogP) is 1.65. The quantitative estimate of drug-likeness (QED) is 0.403. The van der Waals surface area contributed by atoms with E-state index in [4.69, 9.17) is 5.73 Å². The van der Waals surface area contributed by atoms with Crippen molar-refractivity contribution in [3.63, 3.8) is 0 Å². The van der Waals surface area contributed by atoms with Crippen molar-refractivity contribution in [3.8, 4) is 17.0 Å². The molecule has 0 radical (unpaired) electrons. The number of aromatic nitrogens is 1. The number of nitrogens with zero attached hydrogens (tertiary/aromatic N) is 2. The Labute approximate surface area is 206 Å². The van der Waals surface area contributed by atoms with Gasteiger partial charge in [0, 0.05) is 56.5 Å². The van der Waals surface area contributed by atoms with Gasteiger partial charge in [0.15, 0.2) is 11.4 Å². The van der Waals surface area contributed by atoms with Crippen molar-refractivity contribution in [2.45, 2.75) is 24.9 Å². The van der Waals surface area contributed by atoms with Gasteiger partial charge in [0.1, 0.15) is 22.8 Å². The first-order chi connectivity index (χ1) is 16.9. The highest BCUT2D eigenvalue weighted by Gasteiger charge is 2.59. The van der Waals surface area contributed by atoms with Gasteiger partial charge in [-0.05, 0) is 42.5 Å². The van der Waals surface area contributed by atoms with E-state index in [0.717, 1.165) is 0 Å². The highest BCUT2D eigenvalue weighted by Crippen LogP contribution is 2.53. The fourth-order valence-electron chi connectivity index (χ4n) is 6.00. The van der Waals surface area contributed by atoms with Gasteiger partial charge in [0.25, 0.3) is 5.91 Å². The molecule has 0 saturated heterocycles. The second-order valence-corrected chi connectivity index (χ2v) is 9.95. The van der Waals surface area contributed by atoms with Gasteiger partial charge in [-0.2, -0.15) is 0 Å². The minimum absolute atomic E-state index is 0.00553. The third-order valence-electron chi connectivity index (χ3n) is 7.74. The zero-order valence-electron chi connectivity index (χ0n) is 20.1. The summed E-state index contributed by atoms with van der Waals surface area (Å²) >= 11 is 0. The SMILES string of the molecule is CN(C)c1cc(-c2cccn2C)c(O)c2c1C[C@H]1C[C@H]3CC(O)=C(C(N)=O)C(=O)[C@@]3(O)C(O)=C1C2=O. The molecule has 0 bridgehead atoms. The van der Waals surface area contributed by atoms with E-state index in [9.17, 15) is 34.8 Å². The van der Waals surface area contributed by atoms with Gasteiger partial charge in [-0.3, -0.25) is 14.4 Å². The summed E-state index contributed by atoms with van der Waals surface area (Å²) in [6.45, 7) is 0. The van der Waals surface area contributed by atoms with Crippen molar-refractivity contribution in [2.75, 3.05) is 19.0 Å². The number of Topliss-reactive ketones (excluding diaryl/α,β-unsaturated/α-hetero) is 2. The molecule has 0 spiro atoms. The van der Waals surface area contributed by atoms with Crippen LogP contribution in [0.3, 0.4) is 0 Å². The van der Waals surface area contributed by atoms with E-state index in [1.807, 2.05) is 25.1 Å². The number of hydrogen-bond donors (Lipinski definition) is 5. The highest BCUT2D eigenvalue weighted by molar-refractivity contribution is 6.24. The topological polar surface area (TPSA) is 166 Å². The summed E-state index contributed by atoms with van der Waals surface area (Å²) in [6, 6.07) is 5.41. The molecule has 0 saturated carbocycles. The molecule has 3 atom stereocenters. The van der Waals surface area contributed by atoms with Crippen LogP contribution in [0.5, 0.6) is 5.75 Å². The Bertz CT molecular complexity index is 1430. The molecule has 2 aromatic rings. The number of fused-ring (bicyclic) bond motifs is 3. The van der Waals surface area contributed by atoms with Crippen LogP contribution in [0.2, 0.25) is 0 Å². The van der Waals surface area contributed by atoms with Gasteiger partial charge in [-0.25, -0.2) is 0 Å². The number of aryl methyl sites for hydroxylation is 1. The normalized spacial score (nSPS) is 25.4. The van der Waals surface area contributed by atoms with Gasteiger partial charge in [0.05, 0.1) is 11.3 Å². The molecule has 0 fully saturated rings. The van der Waals surface area contributed by atoms with Gasteiger partial charge < -0.3 is 35.6 Å². The van der Waals surface area contributed by atoms with Gasteiger partial charge in [0.2, 0.25) is 5.78 Å². The molecular formula is C26H27N3O7. The average Bonchev–Trinajstić information content (AvgIpc) is 3.21. The average molecular weight is 494 g/mol. The third-order valence-corrected chi connectivity index (χ3v) is 7.74. The summed E-state index contributed by atoms with van der Waals surface area (Å²) in [6.07, 6.45) is 1.90. The Balaban J connectivity index is 1.74. The van der Waals surface area contributed by atoms with Crippen molar-refractivity contribution in [3.05, 3.63) is 58.2 Å². The number of aromatic hydroxyl groups is 1. The molecule has 10 heteroatoms. The fraction of sp³-hybridized carbons (Fsp3) is 0.346. The monoisotopic (exact) mass is 493 g/mol. The number of aliphatic hydroxyl groups excluding tert-OH is 2. The zero-order chi connectivity index (χ0) is 26.3. The predicted molar refractivity (Wildman–Crippen MR) is 130 cm³/mol. The van der Waals surface area contributed by atoms with Crippen molar-refractivity contribution in [1.29, 1.82) is 0 Å². The van der Waals surface area contributed by atoms with E-state index in [2.05, 4.69) is 0 Å². The Kier molecular flexibility index (Phi) is 5.08. The van der Waals surface area contributed by atoms with Gasteiger partial charge >= 0.3 is 0 Å². The Morgan fingerprint density at radius 2 is 1.89 bits per heavy atom. The first-order valence-corrected chi connectivity index (χ1v) is 11.5. The van der Waals surface area contributed by atoms with Crippen LogP contribution in [0.15, 0.2) is 47.1 Å². The molecule has 1 aromatic heterocycles. The molecule has 0 aliphatic heterocycles. The van der Waals surface area contributed by atoms with E-state index < -0.39 is 52.0 Å². The number of anilines is 1. The van der Waals surface area contributed by atoms with Crippen molar-refractivity contribution < 1.29 is 34.8 Å². The van der Waals surface area contributed by atoms with Crippen LogP contribution in [0.25, 0.3) is 11.3 Å². The lowest BCUT2D eigenvalue weighted by Crippen LogP contribution is -2.57. The molecule has 6 N–H and O–H groups in total. The Hall–Kier alpha value is -4.05. The van der Waals surface area contributed by atoms with Crippen LogP contribution in [-0.2, 0) is 23.1 Å². The van der Waals surface area contributed by atoms with Crippen LogP contribution >= 0.6 is 0 Å². The summed E-state index contributed by atoms with van der Waals surface area (Å²) in [5.74, 6) is -6.37. The van der Waals surface area contributed by atoms with Gasteiger partial charge in [-0.15, -0.1) is 0 Å². The lowest BCUT2D eigenvalue weighted by atomic mass is 9.60. The smallest absolute Gasteiger partial charge is 0.255 e. The summed E-state index contributed by atoms with van der Waals surface area (Å²) in [7, 11) is 5.45. The van der Waals surface area contributed by atoms with Crippen molar-refractivity contribution in [2.24, 2.45) is 24.6 Å². The van der Waals surface area contributed by atoms with Crippen LogP contribution in [-0.4, -0.2) is 62.2 Å². The lowest BCUT2D eigenvalue weighted by Gasteiger charge is -2.46. The van der Waals surface area contributed by atoms with E-state index in [-0.39, 0.29) is 36.1 Å². The molecule has 3 aliphatic rings. The number of carbonyl (C=O) groups excluding carboxylic acids is 3. The van der Waals surface area contributed by atoms with Crippen molar-refractivity contribution >= 4 is 23.2 Å². The number of amides is 1. The molecule has 10 nitrogen and oxygen atoms in total. The summed E-state index contributed by atoms with van der Waals surface area (Å²) in [5.41, 5.74) is 4.09. The van der Waals surface area contributed by atoms with Crippen LogP contribution in [0, 0.1) is 11.8 Å². The van der Waals surface area contributed by atoms with Crippen LogP contribution in [0.4, 0.5) is 5.69 Å². The molecule has 188 valence electrons. The molecule has 0 unspecified atom stereocenters. The summed E-state index contributed by atoms with van der Waals surface area (Å²) < 4.78 is 1.80. The number of primary amides is 1. The number of benzene rings is 1. The molecule has 1 aromatic carbocycles. The maximum atomic E-state index is 13.9. The highest BCUT2D eigenvalue weighted by atomic mass is 16.3. The molecule has 3 aliphatic carbocycles. The first kappa shape index (κ1) is 23.7. The maximum absolute atomic E-state index is 13.9. The number of allylic oxidation sites excluding steroid dienone is 2. The second kappa shape index (κ2) is 7.72. The number of nitrogens with two attached hydrogens (primary N) is 1. The van der Waals surface area contributed by atoms with E-state index in [1.54, 1.807) is 29.9 Å². The van der Waals surface area contributed by atoms with Crippen LogP contribution in [0.1, 0.15) is 28.8 Å². The van der Waals surface area contributed by atoms with Gasteiger partial charge in [-0.1, -0.05) is 0 Å². The zero-order valence-corrected chi connectivity index (χ0v) is 20.1. The fourth-order valence-corrected chi connectivity index (χ4v) is 6.00. The minimum atomic E-state index is -2.58. The van der Waals surface area contributed by atoms with E-state index in [1.165, 1.54) is 0 Å². The minimum Gasteiger partial charge on any atom is -0.511 e. The number of rotatable bonds is 3. The second-order valence-electron chi connectivity index (χ2n) is 9.95.